The van der Waals surface area contributed by atoms with Crippen LogP contribution in [0.25, 0.3) is 0 Å². The third-order valence-corrected chi connectivity index (χ3v) is 7.53. The van der Waals surface area contributed by atoms with E-state index < -0.39 is 0 Å². The average molecular weight is 354 g/mol. The topological polar surface area (TPSA) is 32.8 Å². The molecule has 0 unspecified atom stereocenters. The molecule has 5 aliphatic rings. The maximum absolute atomic E-state index is 13.3. The van der Waals surface area contributed by atoms with Crippen LogP contribution in [0.3, 0.4) is 0 Å². The van der Waals surface area contributed by atoms with Crippen LogP contribution in [-0.2, 0) is 4.79 Å². The molecule has 1 aromatic carbocycles. The molecule has 0 N–H and O–H groups in total. The molecule has 4 nitrogen and oxygen atoms in total. The third kappa shape index (κ3) is 2.57. The van der Waals surface area contributed by atoms with Crippen LogP contribution in [0, 0.1) is 11.8 Å². The molecule has 0 spiro atoms. The van der Waals surface area contributed by atoms with Gasteiger partial charge in [-0.1, -0.05) is 25.0 Å². The molecule has 2 bridgehead atoms. The fourth-order valence-electron chi connectivity index (χ4n) is 6.22. The summed E-state index contributed by atoms with van der Waals surface area (Å²) in [4.78, 5) is 18.4. The lowest BCUT2D eigenvalue weighted by molar-refractivity contribution is -0.140. The molecule has 1 aliphatic carbocycles. The third-order valence-electron chi connectivity index (χ3n) is 7.53. The van der Waals surface area contributed by atoms with Crippen molar-refractivity contribution in [2.45, 2.75) is 56.5 Å². The Kier molecular flexibility index (Phi) is 4.19. The summed E-state index contributed by atoms with van der Waals surface area (Å²) < 4.78 is 5.34. The van der Waals surface area contributed by atoms with Gasteiger partial charge in [-0.05, 0) is 62.4 Å². The standard InChI is InChI=1S/C22H30N2O2/c1-26-18-8-6-15(7-9-18)19-14-24(22(25)17-4-2-3-5-17)20-16-10-12-23(13-11-16)21(19)20/h6-9,16-17,19-21H,2-5,10-14H2,1H3/t19-,20+,21+/m0/s1. The molecule has 0 aromatic heterocycles. The normalized spacial score (nSPS) is 36.3. The van der Waals surface area contributed by atoms with Crippen LogP contribution in [0.4, 0.5) is 0 Å². The minimum Gasteiger partial charge on any atom is -0.497 e. The summed E-state index contributed by atoms with van der Waals surface area (Å²) >= 11 is 0. The second-order valence-electron chi connectivity index (χ2n) is 8.71. The second kappa shape index (κ2) is 6.56. The fraction of sp³-hybridized carbons (Fsp3) is 0.682. The van der Waals surface area contributed by atoms with Gasteiger partial charge < -0.3 is 9.64 Å². The highest BCUT2D eigenvalue weighted by molar-refractivity contribution is 5.80. The molecule has 140 valence electrons. The van der Waals surface area contributed by atoms with Gasteiger partial charge in [-0.15, -0.1) is 0 Å². The van der Waals surface area contributed by atoms with E-state index in [1.165, 1.54) is 44.3 Å². The van der Waals surface area contributed by atoms with E-state index >= 15 is 0 Å². The SMILES string of the molecule is COc1ccc([C@@H]2CN(C(=O)C3CCCC3)[C@@H]3C4CCN(CC4)[C@@H]32)cc1. The monoisotopic (exact) mass is 354 g/mol. The smallest absolute Gasteiger partial charge is 0.226 e. The summed E-state index contributed by atoms with van der Waals surface area (Å²) in [6.45, 7) is 3.33. The Hall–Kier alpha value is -1.55. The molecule has 3 atom stereocenters. The number of hydrogen-bond donors (Lipinski definition) is 0. The van der Waals surface area contributed by atoms with Gasteiger partial charge >= 0.3 is 0 Å². The number of likely N-dealkylation sites (tertiary alicyclic amines) is 1. The lowest BCUT2D eigenvalue weighted by Gasteiger charge is -2.51. The average Bonchev–Trinajstić information content (AvgIpc) is 3.38. The van der Waals surface area contributed by atoms with E-state index in [-0.39, 0.29) is 0 Å². The van der Waals surface area contributed by atoms with Crippen molar-refractivity contribution in [1.29, 1.82) is 0 Å². The molecule has 6 rings (SSSR count). The zero-order chi connectivity index (χ0) is 17.7. The number of methoxy groups -OCH3 is 1. The Morgan fingerprint density at radius 2 is 1.69 bits per heavy atom. The number of piperidine rings is 3. The van der Waals surface area contributed by atoms with Crippen molar-refractivity contribution in [3.63, 3.8) is 0 Å². The number of rotatable bonds is 3. The highest BCUT2D eigenvalue weighted by Crippen LogP contribution is 2.47. The number of hydrogen-bond acceptors (Lipinski definition) is 3. The molecule has 4 heteroatoms. The van der Waals surface area contributed by atoms with Gasteiger partial charge in [0, 0.05) is 24.4 Å². The number of carbonyl (C=O) groups excluding carboxylic acids is 1. The Morgan fingerprint density at radius 3 is 2.35 bits per heavy atom. The molecule has 4 aliphatic heterocycles. The maximum Gasteiger partial charge on any atom is 0.226 e. The fourth-order valence-corrected chi connectivity index (χ4v) is 6.22. The lowest BCUT2D eigenvalue weighted by Crippen LogP contribution is -2.61. The molecular formula is C22H30N2O2. The van der Waals surface area contributed by atoms with Crippen molar-refractivity contribution >= 4 is 5.91 Å². The first-order valence-electron chi connectivity index (χ1n) is 10.4. The molecule has 1 saturated carbocycles. The van der Waals surface area contributed by atoms with E-state index in [4.69, 9.17) is 4.74 Å². The lowest BCUT2D eigenvalue weighted by atomic mass is 9.75. The zero-order valence-electron chi connectivity index (χ0n) is 15.8. The summed E-state index contributed by atoms with van der Waals surface area (Å²) in [6.07, 6.45) is 7.21. The Labute approximate surface area is 156 Å². The van der Waals surface area contributed by atoms with Gasteiger partial charge in [0.05, 0.1) is 13.2 Å². The molecule has 5 fully saturated rings. The Morgan fingerprint density at radius 1 is 1.00 bits per heavy atom. The predicted octanol–water partition coefficient (Wildman–Crippen LogP) is 3.27. The second-order valence-corrected chi connectivity index (χ2v) is 8.71. The van der Waals surface area contributed by atoms with Crippen LogP contribution in [0.1, 0.15) is 50.0 Å². The van der Waals surface area contributed by atoms with E-state index in [1.807, 2.05) is 0 Å². The number of amides is 1. The summed E-state index contributed by atoms with van der Waals surface area (Å²) in [5.41, 5.74) is 1.37. The first-order chi connectivity index (χ1) is 12.8. The molecular weight excluding hydrogens is 324 g/mol. The predicted molar refractivity (Wildman–Crippen MR) is 101 cm³/mol. The van der Waals surface area contributed by atoms with Crippen LogP contribution in [0.2, 0.25) is 0 Å². The number of ether oxygens (including phenoxy) is 1. The zero-order valence-corrected chi connectivity index (χ0v) is 15.8. The van der Waals surface area contributed by atoms with Crippen LogP contribution in [0.5, 0.6) is 5.75 Å². The van der Waals surface area contributed by atoms with Gasteiger partial charge in [0.2, 0.25) is 5.91 Å². The van der Waals surface area contributed by atoms with Gasteiger partial charge in [-0.25, -0.2) is 0 Å². The van der Waals surface area contributed by atoms with Crippen LogP contribution in [-0.4, -0.2) is 54.5 Å². The molecule has 4 heterocycles. The van der Waals surface area contributed by atoms with Gasteiger partial charge in [0.1, 0.15) is 5.75 Å². The minimum atomic E-state index is 0.292. The summed E-state index contributed by atoms with van der Waals surface area (Å²) in [6, 6.07) is 9.53. The van der Waals surface area contributed by atoms with Crippen molar-refractivity contribution in [2.75, 3.05) is 26.7 Å². The van der Waals surface area contributed by atoms with E-state index in [1.54, 1.807) is 7.11 Å². The van der Waals surface area contributed by atoms with Crippen molar-refractivity contribution in [1.82, 2.24) is 9.80 Å². The van der Waals surface area contributed by atoms with E-state index in [0.29, 0.717) is 35.7 Å². The Bertz CT molecular complexity index is 659. The highest BCUT2D eigenvalue weighted by atomic mass is 16.5. The summed E-state index contributed by atoms with van der Waals surface area (Å²) in [5, 5.41) is 0. The number of carbonyl (C=O) groups is 1. The largest absolute Gasteiger partial charge is 0.497 e. The van der Waals surface area contributed by atoms with Crippen molar-refractivity contribution in [2.24, 2.45) is 11.8 Å². The first kappa shape index (κ1) is 16.6. The van der Waals surface area contributed by atoms with E-state index in [0.717, 1.165) is 25.1 Å². The van der Waals surface area contributed by atoms with Crippen LogP contribution >= 0.6 is 0 Å². The maximum atomic E-state index is 13.3. The van der Waals surface area contributed by atoms with Gasteiger partial charge in [0.15, 0.2) is 0 Å². The van der Waals surface area contributed by atoms with Crippen molar-refractivity contribution < 1.29 is 9.53 Å². The minimum absolute atomic E-state index is 0.292. The quantitative estimate of drug-likeness (QED) is 0.835. The Balaban J connectivity index is 1.46. The van der Waals surface area contributed by atoms with Gasteiger partial charge in [-0.2, -0.15) is 0 Å². The molecule has 1 amide bonds. The van der Waals surface area contributed by atoms with Crippen molar-refractivity contribution in [3.8, 4) is 5.75 Å². The highest BCUT2D eigenvalue weighted by Gasteiger charge is 2.55. The molecule has 0 radical (unpaired) electrons. The summed E-state index contributed by atoms with van der Waals surface area (Å²) in [7, 11) is 1.72. The number of nitrogens with zero attached hydrogens (tertiary/aromatic N) is 2. The van der Waals surface area contributed by atoms with Gasteiger partial charge in [0.25, 0.3) is 0 Å². The van der Waals surface area contributed by atoms with Crippen molar-refractivity contribution in [3.05, 3.63) is 29.8 Å². The van der Waals surface area contributed by atoms with E-state index in [2.05, 4.69) is 34.1 Å². The van der Waals surface area contributed by atoms with Gasteiger partial charge in [-0.3, -0.25) is 9.69 Å². The summed E-state index contributed by atoms with van der Waals surface area (Å²) in [5.74, 6) is 2.81. The first-order valence-corrected chi connectivity index (χ1v) is 10.4. The van der Waals surface area contributed by atoms with Crippen LogP contribution < -0.4 is 4.74 Å². The number of benzene rings is 1. The molecule has 4 saturated heterocycles. The number of fused-ring (bicyclic) bond motifs is 2. The van der Waals surface area contributed by atoms with E-state index in [9.17, 15) is 4.79 Å². The van der Waals surface area contributed by atoms with Crippen LogP contribution in [0.15, 0.2) is 24.3 Å². The molecule has 26 heavy (non-hydrogen) atoms. The molecule has 1 aromatic rings.